The molecule has 0 atom stereocenters. The highest BCUT2D eigenvalue weighted by molar-refractivity contribution is 7.13. The van der Waals surface area contributed by atoms with Gasteiger partial charge in [-0.15, -0.1) is 11.3 Å². The number of halogens is 3. The Hall–Kier alpha value is -3.18. The van der Waals surface area contributed by atoms with Crippen molar-refractivity contribution >= 4 is 17.6 Å². The first kappa shape index (κ1) is 17.6. The van der Waals surface area contributed by atoms with E-state index in [1.807, 2.05) is 0 Å². The lowest BCUT2D eigenvalue weighted by molar-refractivity contribution is -0.137. The van der Waals surface area contributed by atoms with Crippen molar-refractivity contribution in [3.05, 3.63) is 81.0 Å². The Bertz CT molecular complexity index is 1050. The summed E-state index contributed by atoms with van der Waals surface area (Å²) in [6, 6.07) is 14.2. The molecule has 0 amide bonds. The highest BCUT2D eigenvalue weighted by Crippen LogP contribution is 2.34. The lowest BCUT2D eigenvalue weighted by Gasteiger charge is -2.13. The maximum absolute atomic E-state index is 13.3. The summed E-state index contributed by atoms with van der Waals surface area (Å²) in [4.78, 5) is 13.0. The van der Waals surface area contributed by atoms with Crippen LogP contribution in [0.2, 0.25) is 0 Å². The van der Waals surface area contributed by atoms with Crippen LogP contribution in [0.1, 0.15) is 16.7 Å². The fourth-order valence-electron chi connectivity index (χ4n) is 2.31. The van der Waals surface area contributed by atoms with Crippen LogP contribution in [0.4, 0.5) is 13.2 Å². The second-order valence-electron chi connectivity index (χ2n) is 5.18. The topological polar surface area (TPSA) is 58.1 Å². The van der Waals surface area contributed by atoms with E-state index in [-0.39, 0.29) is 5.69 Å². The Morgan fingerprint density at radius 2 is 1.88 bits per heavy atom. The smallest absolute Gasteiger partial charge is 0.266 e. The molecule has 0 saturated carbocycles. The number of rotatable bonds is 3. The molecule has 0 spiro atoms. The van der Waals surface area contributed by atoms with Crippen molar-refractivity contribution in [3.63, 3.8) is 0 Å². The molecule has 4 nitrogen and oxygen atoms in total. The fourth-order valence-corrected chi connectivity index (χ4v) is 3.04. The van der Waals surface area contributed by atoms with Gasteiger partial charge in [0.05, 0.1) is 22.3 Å². The van der Waals surface area contributed by atoms with E-state index in [0.29, 0.717) is 10.4 Å². The molecule has 0 aliphatic rings. The molecule has 0 N–H and O–H groups in total. The van der Waals surface area contributed by atoms with Gasteiger partial charge in [0, 0.05) is 0 Å². The molecule has 130 valence electrons. The molecule has 0 aliphatic heterocycles. The number of alkyl halides is 3. The molecular formula is C18H10F3N3OS. The van der Waals surface area contributed by atoms with E-state index in [0.717, 1.165) is 10.7 Å². The number of nitriles is 1. The van der Waals surface area contributed by atoms with Crippen LogP contribution in [-0.2, 0) is 6.18 Å². The summed E-state index contributed by atoms with van der Waals surface area (Å²) in [5.41, 5.74) is -2.72. The number of pyridine rings is 1. The van der Waals surface area contributed by atoms with Crippen LogP contribution < -0.4 is 5.56 Å². The minimum absolute atomic E-state index is 0.0245. The van der Waals surface area contributed by atoms with Gasteiger partial charge in [0.15, 0.2) is 0 Å². The highest BCUT2D eigenvalue weighted by Gasteiger charge is 2.36. The highest BCUT2D eigenvalue weighted by atomic mass is 32.1. The minimum atomic E-state index is -4.82. The van der Waals surface area contributed by atoms with Crippen LogP contribution in [0.5, 0.6) is 0 Å². The number of nitrogens with zero attached hydrogens (tertiary/aromatic N) is 3. The van der Waals surface area contributed by atoms with E-state index in [1.165, 1.54) is 23.6 Å². The lowest BCUT2D eigenvalue weighted by Crippen LogP contribution is -2.26. The van der Waals surface area contributed by atoms with Crippen LogP contribution in [0.15, 0.2) is 63.8 Å². The van der Waals surface area contributed by atoms with Gasteiger partial charge in [-0.25, -0.2) is 0 Å². The summed E-state index contributed by atoms with van der Waals surface area (Å²) in [6.07, 6.45) is -3.47. The van der Waals surface area contributed by atoms with Gasteiger partial charge < -0.3 is 0 Å². The van der Waals surface area contributed by atoms with Crippen LogP contribution >= 0.6 is 11.3 Å². The largest absolute Gasteiger partial charge is 0.417 e. The average molecular weight is 373 g/mol. The van der Waals surface area contributed by atoms with Gasteiger partial charge in [-0.3, -0.25) is 4.79 Å². The van der Waals surface area contributed by atoms with Gasteiger partial charge in [-0.2, -0.15) is 28.2 Å². The predicted octanol–water partition coefficient (Wildman–Crippen LogP) is 4.35. The molecular weight excluding hydrogens is 363 g/mol. The molecule has 0 saturated heterocycles. The quantitative estimate of drug-likeness (QED) is 0.641. The van der Waals surface area contributed by atoms with Crippen LogP contribution in [0, 0.1) is 11.3 Å². The third kappa shape index (κ3) is 3.43. The lowest BCUT2D eigenvalue weighted by atomic mass is 10.1. The Balaban J connectivity index is 2.27. The Morgan fingerprint density at radius 3 is 2.46 bits per heavy atom. The summed E-state index contributed by atoms with van der Waals surface area (Å²) in [6.45, 7) is 0. The predicted molar refractivity (Wildman–Crippen MR) is 93.2 cm³/mol. The summed E-state index contributed by atoms with van der Waals surface area (Å²) in [5.74, 6) is 0. The number of thiophene rings is 1. The van der Waals surface area contributed by atoms with E-state index >= 15 is 0 Å². The first-order chi connectivity index (χ1) is 12.4. The zero-order chi connectivity index (χ0) is 18.7. The van der Waals surface area contributed by atoms with E-state index in [4.69, 9.17) is 5.26 Å². The number of benzene rings is 1. The molecule has 8 heteroatoms. The third-order valence-electron chi connectivity index (χ3n) is 3.50. The zero-order valence-electron chi connectivity index (χ0n) is 13.1. The van der Waals surface area contributed by atoms with Gasteiger partial charge in [-0.1, -0.05) is 36.4 Å². The molecule has 1 aromatic carbocycles. The maximum Gasteiger partial charge on any atom is 0.417 e. The second-order valence-corrected chi connectivity index (χ2v) is 6.13. The van der Waals surface area contributed by atoms with Crippen LogP contribution in [0.3, 0.4) is 0 Å². The second kappa shape index (κ2) is 6.98. The standard InChI is InChI=1S/C18H10F3N3OS/c19-18(20,21)14-9-15(16-7-4-8-26-16)24(17(25)13(14)10-22)23-11-12-5-2-1-3-6-12/h1-9,11H. The van der Waals surface area contributed by atoms with Gasteiger partial charge >= 0.3 is 6.18 Å². The van der Waals surface area contributed by atoms with Gasteiger partial charge in [-0.05, 0) is 23.1 Å². The summed E-state index contributed by atoms with van der Waals surface area (Å²) >= 11 is 1.17. The van der Waals surface area contributed by atoms with Crippen molar-refractivity contribution in [3.8, 4) is 16.6 Å². The van der Waals surface area contributed by atoms with Gasteiger partial charge in [0.25, 0.3) is 5.56 Å². The fraction of sp³-hybridized carbons (Fsp3) is 0.0556. The van der Waals surface area contributed by atoms with Crippen LogP contribution in [0.25, 0.3) is 10.6 Å². The van der Waals surface area contributed by atoms with Crippen molar-refractivity contribution in [1.29, 1.82) is 5.26 Å². The Kier molecular flexibility index (Phi) is 4.73. The van der Waals surface area contributed by atoms with E-state index in [9.17, 15) is 18.0 Å². The number of hydrogen-bond acceptors (Lipinski definition) is 4. The van der Waals surface area contributed by atoms with Crippen molar-refractivity contribution in [2.24, 2.45) is 5.10 Å². The Labute approximate surface area is 150 Å². The average Bonchev–Trinajstić information content (AvgIpc) is 3.14. The molecule has 26 heavy (non-hydrogen) atoms. The third-order valence-corrected chi connectivity index (χ3v) is 4.39. The van der Waals surface area contributed by atoms with Gasteiger partial charge in [0.2, 0.25) is 0 Å². The van der Waals surface area contributed by atoms with Crippen molar-refractivity contribution in [2.75, 3.05) is 0 Å². The summed E-state index contributed by atoms with van der Waals surface area (Å²) in [7, 11) is 0. The molecule has 3 rings (SSSR count). The number of hydrogen-bond donors (Lipinski definition) is 0. The minimum Gasteiger partial charge on any atom is -0.266 e. The molecule has 3 aromatic rings. The molecule has 0 bridgehead atoms. The monoisotopic (exact) mass is 373 g/mol. The first-order valence-electron chi connectivity index (χ1n) is 7.32. The van der Waals surface area contributed by atoms with E-state index < -0.39 is 22.9 Å². The van der Waals surface area contributed by atoms with Crippen LogP contribution in [-0.4, -0.2) is 10.9 Å². The SMILES string of the molecule is N#Cc1c(C(F)(F)F)cc(-c2cccs2)n(N=Cc2ccccc2)c1=O. The van der Waals surface area contributed by atoms with E-state index in [1.54, 1.807) is 47.8 Å². The van der Waals surface area contributed by atoms with Crippen molar-refractivity contribution < 1.29 is 13.2 Å². The molecule has 2 aromatic heterocycles. The van der Waals surface area contributed by atoms with Crippen molar-refractivity contribution in [1.82, 2.24) is 4.68 Å². The molecule has 0 aliphatic carbocycles. The van der Waals surface area contributed by atoms with Crippen molar-refractivity contribution in [2.45, 2.75) is 6.18 Å². The molecule has 0 unspecified atom stereocenters. The maximum atomic E-state index is 13.3. The summed E-state index contributed by atoms with van der Waals surface area (Å²) < 4.78 is 40.7. The Morgan fingerprint density at radius 1 is 1.15 bits per heavy atom. The van der Waals surface area contributed by atoms with Gasteiger partial charge in [0.1, 0.15) is 11.6 Å². The molecule has 0 radical (unpaired) electrons. The first-order valence-corrected chi connectivity index (χ1v) is 8.20. The zero-order valence-corrected chi connectivity index (χ0v) is 13.9. The van der Waals surface area contributed by atoms with E-state index in [2.05, 4.69) is 5.10 Å². The summed E-state index contributed by atoms with van der Waals surface area (Å²) in [5, 5.41) is 14.8. The number of aromatic nitrogens is 1. The molecule has 0 fully saturated rings. The normalized spacial score (nSPS) is 11.6. The molecule has 2 heterocycles.